The lowest BCUT2D eigenvalue weighted by Crippen LogP contribution is -2.31. The standard InChI is InChI=1S/C17H23NO3S/c1-12-9-15(14-6-4-3-5-13(12)14)18-16(19)10-17(7-8-17)11-22(2,20)21/h3-6,12,15H,7-11H2,1-2H3,(H,18,19)/t12-,15+/m1/s1. The number of fused-ring (bicyclic) bond motifs is 1. The number of benzene rings is 1. The Bertz CT molecular complexity index is 692. The largest absolute Gasteiger partial charge is 0.349 e. The molecule has 1 saturated carbocycles. The number of carbonyl (C=O) groups is 1. The van der Waals surface area contributed by atoms with Gasteiger partial charge in [-0.1, -0.05) is 31.2 Å². The van der Waals surface area contributed by atoms with Gasteiger partial charge in [0.05, 0.1) is 11.8 Å². The molecule has 4 nitrogen and oxygen atoms in total. The fraction of sp³-hybridized carbons (Fsp3) is 0.588. The predicted octanol–water partition coefficient (Wildman–Crippen LogP) is 2.57. The number of hydrogen-bond acceptors (Lipinski definition) is 3. The minimum atomic E-state index is -3.03. The lowest BCUT2D eigenvalue weighted by atomic mass is 10.0. The Kier molecular flexibility index (Phi) is 3.79. The van der Waals surface area contributed by atoms with Crippen molar-refractivity contribution in [2.75, 3.05) is 12.0 Å². The number of rotatable bonds is 5. The Morgan fingerprint density at radius 2 is 1.91 bits per heavy atom. The van der Waals surface area contributed by atoms with E-state index in [4.69, 9.17) is 0 Å². The van der Waals surface area contributed by atoms with Crippen LogP contribution in [0.4, 0.5) is 0 Å². The molecular formula is C17H23NO3S. The quantitative estimate of drug-likeness (QED) is 0.906. The lowest BCUT2D eigenvalue weighted by molar-refractivity contribution is -0.122. The lowest BCUT2D eigenvalue weighted by Gasteiger charge is -2.18. The maximum Gasteiger partial charge on any atom is 0.221 e. The zero-order valence-corrected chi connectivity index (χ0v) is 13.9. The van der Waals surface area contributed by atoms with Crippen molar-refractivity contribution in [2.24, 2.45) is 5.41 Å². The van der Waals surface area contributed by atoms with Gasteiger partial charge in [0.15, 0.2) is 0 Å². The van der Waals surface area contributed by atoms with Crippen LogP contribution >= 0.6 is 0 Å². The number of amides is 1. The Hall–Kier alpha value is -1.36. The van der Waals surface area contributed by atoms with Gasteiger partial charge in [-0.25, -0.2) is 8.42 Å². The SMILES string of the molecule is C[C@@H]1C[C@H](NC(=O)CC2(CS(C)(=O)=O)CC2)c2ccccc21. The van der Waals surface area contributed by atoms with Gasteiger partial charge in [0, 0.05) is 12.7 Å². The molecule has 1 aromatic carbocycles. The Morgan fingerprint density at radius 3 is 2.50 bits per heavy atom. The normalized spacial score (nSPS) is 25.5. The summed E-state index contributed by atoms with van der Waals surface area (Å²) in [5.41, 5.74) is 2.21. The van der Waals surface area contributed by atoms with E-state index in [-0.39, 0.29) is 23.1 Å². The van der Waals surface area contributed by atoms with Gasteiger partial charge in [0.1, 0.15) is 9.84 Å². The number of sulfone groups is 1. The smallest absolute Gasteiger partial charge is 0.221 e. The van der Waals surface area contributed by atoms with E-state index >= 15 is 0 Å². The van der Waals surface area contributed by atoms with Gasteiger partial charge in [-0.15, -0.1) is 0 Å². The minimum Gasteiger partial charge on any atom is -0.349 e. The fourth-order valence-electron chi connectivity index (χ4n) is 3.71. The van der Waals surface area contributed by atoms with Crippen LogP contribution < -0.4 is 5.32 Å². The molecule has 0 bridgehead atoms. The molecule has 0 radical (unpaired) electrons. The Labute approximate surface area is 132 Å². The maximum atomic E-state index is 12.4. The van der Waals surface area contributed by atoms with E-state index in [1.54, 1.807) is 0 Å². The highest BCUT2D eigenvalue weighted by molar-refractivity contribution is 7.90. The molecule has 2 atom stereocenters. The van der Waals surface area contributed by atoms with Crippen molar-refractivity contribution in [3.05, 3.63) is 35.4 Å². The average molecular weight is 321 g/mol. The molecule has 1 aromatic rings. The van der Waals surface area contributed by atoms with Crippen LogP contribution in [0.1, 0.15) is 55.7 Å². The molecule has 0 saturated heterocycles. The van der Waals surface area contributed by atoms with E-state index in [2.05, 4.69) is 24.4 Å². The summed E-state index contributed by atoms with van der Waals surface area (Å²) in [5.74, 6) is 0.563. The van der Waals surface area contributed by atoms with Crippen molar-refractivity contribution in [3.63, 3.8) is 0 Å². The second-order valence-corrected chi connectivity index (χ2v) is 9.27. The first kappa shape index (κ1) is 15.5. The van der Waals surface area contributed by atoms with E-state index in [0.29, 0.717) is 12.3 Å². The van der Waals surface area contributed by atoms with Crippen molar-refractivity contribution in [2.45, 2.75) is 44.6 Å². The zero-order valence-electron chi connectivity index (χ0n) is 13.1. The van der Waals surface area contributed by atoms with Gasteiger partial charge < -0.3 is 5.32 Å². The Balaban J connectivity index is 1.64. The monoisotopic (exact) mass is 321 g/mol. The van der Waals surface area contributed by atoms with Crippen molar-refractivity contribution in [3.8, 4) is 0 Å². The van der Waals surface area contributed by atoms with Gasteiger partial charge in [-0.05, 0) is 41.7 Å². The van der Waals surface area contributed by atoms with Crippen LogP contribution in [0.15, 0.2) is 24.3 Å². The molecule has 0 aliphatic heterocycles. The predicted molar refractivity (Wildman–Crippen MR) is 86.4 cm³/mol. The number of carbonyl (C=O) groups excluding carboxylic acids is 1. The van der Waals surface area contributed by atoms with Crippen LogP contribution in [0.25, 0.3) is 0 Å². The zero-order chi connectivity index (χ0) is 16.0. The van der Waals surface area contributed by atoms with Crippen LogP contribution in [0.3, 0.4) is 0 Å². The third-order valence-corrected chi connectivity index (χ3v) is 6.02. The van der Waals surface area contributed by atoms with Crippen LogP contribution in [0.2, 0.25) is 0 Å². The van der Waals surface area contributed by atoms with E-state index in [0.717, 1.165) is 19.3 Å². The highest BCUT2D eigenvalue weighted by Gasteiger charge is 2.47. The summed E-state index contributed by atoms with van der Waals surface area (Å²) < 4.78 is 23.0. The summed E-state index contributed by atoms with van der Waals surface area (Å²) >= 11 is 0. The molecule has 1 N–H and O–H groups in total. The van der Waals surface area contributed by atoms with Gasteiger partial charge in [-0.2, -0.15) is 0 Å². The molecule has 1 amide bonds. The molecule has 2 aliphatic carbocycles. The van der Waals surface area contributed by atoms with Crippen LogP contribution in [0.5, 0.6) is 0 Å². The van der Waals surface area contributed by atoms with E-state index in [9.17, 15) is 13.2 Å². The molecule has 0 aromatic heterocycles. The molecule has 0 spiro atoms. The highest BCUT2D eigenvalue weighted by atomic mass is 32.2. The first-order valence-corrected chi connectivity index (χ1v) is 9.90. The molecule has 3 rings (SSSR count). The molecule has 0 unspecified atom stereocenters. The van der Waals surface area contributed by atoms with Gasteiger partial charge in [0.25, 0.3) is 0 Å². The molecule has 0 heterocycles. The second kappa shape index (κ2) is 5.37. The summed E-state index contributed by atoms with van der Waals surface area (Å²) in [6.07, 6.45) is 4.17. The Morgan fingerprint density at radius 1 is 1.27 bits per heavy atom. The topological polar surface area (TPSA) is 63.2 Å². The van der Waals surface area contributed by atoms with Gasteiger partial charge in [-0.3, -0.25) is 4.79 Å². The molecule has 2 aliphatic rings. The molecule has 1 fully saturated rings. The first-order valence-electron chi connectivity index (χ1n) is 7.84. The highest BCUT2D eigenvalue weighted by Crippen LogP contribution is 2.50. The van der Waals surface area contributed by atoms with Gasteiger partial charge in [0.2, 0.25) is 5.91 Å². The van der Waals surface area contributed by atoms with Crippen molar-refractivity contribution < 1.29 is 13.2 Å². The third-order valence-electron chi connectivity index (χ3n) is 4.89. The van der Waals surface area contributed by atoms with Crippen molar-refractivity contribution in [1.82, 2.24) is 5.32 Å². The summed E-state index contributed by atoms with van der Waals surface area (Å²) in [7, 11) is -3.03. The van der Waals surface area contributed by atoms with Gasteiger partial charge >= 0.3 is 0 Å². The summed E-state index contributed by atoms with van der Waals surface area (Å²) in [6, 6.07) is 8.30. The molecule has 120 valence electrons. The van der Waals surface area contributed by atoms with Crippen LogP contribution in [-0.4, -0.2) is 26.3 Å². The van der Waals surface area contributed by atoms with E-state index in [1.165, 1.54) is 17.4 Å². The minimum absolute atomic E-state index is 0.0185. The molecule has 22 heavy (non-hydrogen) atoms. The average Bonchev–Trinajstić information content (AvgIpc) is 3.06. The summed E-state index contributed by atoms with van der Waals surface area (Å²) in [6.45, 7) is 2.18. The number of nitrogens with one attached hydrogen (secondary N) is 1. The van der Waals surface area contributed by atoms with E-state index < -0.39 is 9.84 Å². The molecular weight excluding hydrogens is 298 g/mol. The van der Waals surface area contributed by atoms with Crippen LogP contribution in [-0.2, 0) is 14.6 Å². The summed E-state index contributed by atoms with van der Waals surface area (Å²) in [4.78, 5) is 12.4. The second-order valence-electron chi connectivity index (χ2n) is 7.13. The first-order chi connectivity index (χ1) is 10.3. The molecule has 5 heteroatoms. The van der Waals surface area contributed by atoms with Crippen molar-refractivity contribution >= 4 is 15.7 Å². The van der Waals surface area contributed by atoms with Crippen molar-refractivity contribution in [1.29, 1.82) is 0 Å². The van der Waals surface area contributed by atoms with E-state index in [1.807, 2.05) is 12.1 Å². The summed E-state index contributed by atoms with van der Waals surface area (Å²) in [5, 5.41) is 3.11. The number of hydrogen-bond donors (Lipinski definition) is 1. The fourth-order valence-corrected chi connectivity index (χ4v) is 5.22. The van der Waals surface area contributed by atoms with Crippen LogP contribution in [0, 0.1) is 5.41 Å². The maximum absolute atomic E-state index is 12.4. The third kappa shape index (κ3) is 3.35.